The quantitative estimate of drug-likeness (QED) is 0.520. The molecular weight excluding hydrogens is 438 g/mol. The molecule has 186 valence electrons. The number of benzene rings is 1. The van der Waals surface area contributed by atoms with E-state index >= 15 is 0 Å². The Labute approximate surface area is 200 Å². The first-order valence-corrected chi connectivity index (χ1v) is 12.2. The zero-order valence-electron chi connectivity index (χ0n) is 20.1. The van der Waals surface area contributed by atoms with E-state index in [1.807, 2.05) is 30.0 Å². The molecular formula is C24H35N5O5. The average Bonchev–Trinajstić information content (AvgIpc) is 3.38. The lowest BCUT2D eigenvalue weighted by Crippen LogP contribution is -2.42. The summed E-state index contributed by atoms with van der Waals surface area (Å²) in [5.74, 6) is 1.98. The maximum absolute atomic E-state index is 12.6. The number of piperidine rings is 1. The number of carbonyl (C=O) groups excluding carboxylic acids is 1. The Hall–Kier alpha value is -2.85. The van der Waals surface area contributed by atoms with Crippen LogP contribution < -0.4 is 19.7 Å². The Morgan fingerprint density at radius 1 is 1.18 bits per heavy atom. The lowest BCUT2D eigenvalue weighted by Gasteiger charge is -2.30. The lowest BCUT2D eigenvalue weighted by atomic mass is 9.96. The van der Waals surface area contributed by atoms with Gasteiger partial charge < -0.3 is 29.0 Å². The van der Waals surface area contributed by atoms with Crippen molar-refractivity contribution in [3.8, 4) is 22.9 Å². The van der Waals surface area contributed by atoms with Gasteiger partial charge in [-0.15, -0.1) is 0 Å². The average molecular weight is 474 g/mol. The van der Waals surface area contributed by atoms with E-state index in [1.165, 1.54) is 0 Å². The molecule has 0 unspecified atom stereocenters. The van der Waals surface area contributed by atoms with Gasteiger partial charge in [-0.2, -0.15) is 4.98 Å². The largest absolute Gasteiger partial charge is 0.493 e. The molecule has 1 aromatic heterocycles. The van der Waals surface area contributed by atoms with Gasteiger partial charge in [0.1, 0.15) is 0 Å². The van der Waals surface area contributed by atoms with Crippen molar-refractivity contribution in [2.75, 3.05) is 71.1 Å². The third-order valence-corrected chi connectivity index (χ3v) is 6.33. The van der Waals surface area contributed by atoms with Gasteiger partial charge in [-0.3, -0.25) is 9.69 Å². The van der Waals surface area contributed by atoms with Crippen molar-refractivity contribution in [3.05, 3.63) is 18.2 Å². The van der Waals surface area contributed by atoms with Gasteiger partial charge in [-0.25, -0.2) is 0 Å². The number of methoxy groups -OCH3 is 1. The Morgan fingerprint density at radius 2 is 1.97 bits per heavy atom. The van der Waals surface area contributed by atoms with Crippen LogP contribution in [0, 0.1) is 5.92 Å². The van der Waals surface area contributed by atoms with Gasteiger partial charge in [0.25, 0.3) is 0 Å². The van der Waals surface area contributed by atoms with E-state index in [9.17, 15) is 4.79 Å². The van der Waals surface area contributed by atoms with Crippen molar-refractivity contribution < 1.29 is 23.5 Å². The first kappa shape index (κ1) is 24.3. The van der Waals surface area contributed by atoms with Crippen LogP contribution in [-0.4, -0.2) is 87.1 Å². The molecule has 2 aliphatic heterocycles. The number of carbonyl (C=O) groups is 1. The Bertz CT molecular complexity index is 922. The molecule has 1 amide bonds. The summed E-state index contributed by atoms with van der Waals surface area (Å²) < 4.78 is 21.9. The summed E-state index contributed by atoms with van der Waals surface area (Å²) in [6.07, 6.45) is 2.50. The van der Waals surface area contributed by atoms with Crippen molar-refractivity contribution in [1.29, 1.82) is 0 Å². The van der Waals surface area contributed by atoms with Crippen LogP contribution in [0.15, 0.2) is 22.7 Å². The minimum Gasteiger partial charge on any atom is -0.493 e. The summed E-state index contributed by atoms with van der Waals surface area (Å²) in [6, 6.07) is 6.05. The highest BCUT2D eigenvalue weighted by molar-refractivity contribution is 5.78. The molecule has 3 heterocycles. The minimum atomic E-state index is 0.0254. The highest BCUT2D eigenvalue weighted by atomic mass is 16.5. The molecule has 1 aromatic carbocycles. The number of hydrogen-bond donors (Lipinski definition) is 1. The first-order valence-electron chi connectivity index (χ1n) is 12.2. The minimum absolute atomic E-state index is 0.0254. The Balaban J connectivity index is 1.23. The van der Waals surface area contributed by atoms with Gasteiger partial charge >= 0.3 is 6.01 Å². The fraction of sp³-hybridized carbons (Fsp3) is 0.625. The molecule has 2 aliphatic rings. The summed E-state index contributed by atoms with van der Waals surface area (Å²) in [7, 11) is 1.60. The number of aromatic nitrogens is 2. The number of morpholine rings is 1. The van der Waals surface area contributed by atoms with Gasteiger partial charge in [0.15, 0.2) is 11.5 Å². The molecule has 0 aliphatic carbocycles. The summed E-state index contributed by atoms with van der Waals surface area (Å²) >= 11 is 0. The number of nitrogens with one attached hydrogen (secondary N) is 1. The van der Waals surface area contributed by atoms with E-state index < -0.39 is 0 Å². The van der Waals surface area contributed by atoms with Gasteiger partial charge in [0.2, 0.25) is 11.7 Å². The number of nitrogens with zero attached hydrogens (tertiary/aromatic N) is 4. The molecule has 0 atom stereocenters. The molecule has 2 saturated heterocycles. The molecule has 34 heavy (non-hydrogen) atoms. The van der Waals surface area contributed by atoms with Crippen LogP contribution in [0.3, 0.4) is 0 Å². The van der Waals surface area contributed by atoms with Gasteiger partial charge in [0, 0.05) is 44.2 Å². The second-order valence-corrected chi connectivity index (χ2v) is 8.56. The maximum Gasteiger partial charge on any atom is 0.324 e. The second kappa shape index (κ2) is 12.0. The number of rotatable bonds is 10. The first-order chi connectivity index (χ1) is 16.7. The third kappa shape index (κ3) is 6.18. The van der Waals surface area contributed by atoms with E-state index in [2.05, 4.69) is 20.4 Å². The number of hydrogen-bond acceptors (Lipinski definition) is 9. The molecule has 2 aromatic rings. The van der Waals surface area contributed by atoms with Crippen LogP contribution in [-0.2, 0) is 9.53 Å². The van der Waals surface area contributed by atoms with E-state index in [1.54, 1.807) is 7.11 Å². The fourth-order valence-corrected chi connectivity index (χ4v) is 4.36. The van der Waals surface area contributed by atoms with Crippen LogP contribution >= 0.6 is 0 Å². The van der Waals surface area contributed by atoms with Crippen LogP contribution in [0.25, 0.3) is 11.4 Å². The number of ether oxygens (including phenoxy) is 3. The van der Waals surface area contributed by atoms with E-state index in [0.29, 0.717) is 43.0 Å². The van der Waals surface area contributed by atoms with E-state index in [4.69, 9.17) is 18.7 Å². The van der Waals surface area contributed by atoms with Crippen molar-refractivity contribution in [2.45, 2.75) is 26.2 Å². The topological polar surface area (TPSA) is 102 Å². The van der Waals surface area contributed by atoms with Crippen molar-refractivity contribution in [2.24, 2.45) is 5.92 Å². The fourth-order valence-electron chi connectivity index (χ4n) is 4.36. The standard InChI is InChI=1S/C24H35N5O5/c1-3-33-20-6-5-19(17-21(20)31-2)22-26-24(34-27-22)29-11-7-18(8-12-29)23(30)25-9-4-10-28-13-15-32-16-14-28/h5-6,17-18H,3-4,7-16H2,1-2H3,(H,25,30). The number of anilines is 1. The monoisotopic (exact) mass is 473 g/mol. The lowest BCUT2D eigenvalue weighted by molar-refractivity contribution is -0.125. The molecule has 4 rings (SSSR count). The van der Waals surface area contributed by atoms with Crippen LogP contribution in [0.1, 0.15) is 26.2 Å². The SMILES string of the molecule is CCOc1ccc(-c2noc(N3CCC(C(=O)NCCCN4CCOCC4)CC3)n2)cc1OC. The van der Waals surface area contributed by atoms with Crippen molar-refractivity contribution in [3.63, 3.8) is 0 Å². The molecule has 0 radical (unpaired) electrons. The number of amides is 1. The highest BCUT2D eigenvalue weighted by Crippen LogP contribution is 2.32. The molecule has 10 nitrogen and oxygen atoms in total. The van der Waals surface area contributed by atoms with Crippen molar-refractivity contribution in [1.82, 2.24) is 20.4 Å². The maximum atomic E-state index is 12.6. The highest BCUT2D eigenvalue weighted by Gasteiger charge is 2.27. The third-order valence-electron chi connectivity index (χ3n) is 6.33. The predicted octanol–water partition coefficient (Wildman–Crippen LogP) is 2.20. The molecule has 0 spiro atoms. The zero-order valence-corrected chi connectivity index (χ0v) is 20.1. The zero-order chi connectivity index (χ0) is 23.8. The molecule has 10 heteroatoms. The van der Waals surface area contributed by atoms with Crippen LogP contribution in [0.4, 0.5) is 6.01 Å². The van der Waals surface area contributed by atoms with E-state index in [-0.39, 0.29) is 11.8 Å². The van der Waals surface area contributed by atoms with Gasteiger partial charge in [-0.1, -0.05) is 5.16 Å². The second-order valence-electron chi connectivity index (χ2n) is 8.56. The van der Waals surface area contributed by atoms with Crippen LogP contribution in [0.5, 0.6) is 11.5 Å². The smallest absolute Gasteiger partial charge is 0.324 e. The summed E-state index contributed by atoms with van der Waals surface area (Å²) in [4.78, 5) is 21.6. The molecule has 1 N–H and O–H groups in total. The van der Waals surface area contributed by atoms with Crippen LogP contribution in [0.2, 0.25) is 0 Å². The summed E-state index contributed by atoms with van der Waals surface area (Å²) in [6.45, 7) is 9.20. The summed E-state index contributed by atoms with van der Waals surface area (Å²) in [5.41, 5.74) is 0.793. The van der Waals surface area contributed by atoms with E-state index in [0.717, 1.165) is 64.2 Å². The summed E-state index contributed by atoms with van der Waals surface area (Å²) in [5, 5.41) is 7.25. The van der Waals surface area contributed by atoms with Gasteiger partial charge in [0.05, 0.1) is 26.9 Å². The predicted molar refractivity (Wildman–Crippen MR) is 127 cm³/mol. The molecule has 2 fully saturated rings. The Kier molecular flexibility index (Phi) is 8.59. The molecule has 0 bridgehead atoms. The molecule has 0 saturated carbocycles. The normalized spacial score (nSPS) is 17.5. The Morgan fingerprint density at radius 3 is 2.71 bits per heavy atom. The van der Waals surface area contributed by atoms with Gasteiger partial charge in [-0.05, 0) is 50.9 Å². The van der Waals surface area contributed by atoms with Crippen molar-refractivity contribution >= 4 is 11.9 Å².